The van der Waals surface area contributed by atoms with E-state index in [-0.39, 0.29) is 34.0 Å². The van der Waals surface area contributed by atoms with Crippen LogP contribution < -0.4 is 11.5 Å². The SMILES string of the molecule is Nc1ncnc2c1ncn2[C@@H]1O[C@@H]2CO[P@@](=O)(S)OC3C(O)[C@@H](COP(=O)(O)OC2C1F)O[C@H]3n1cnc2c(N)ncnc21. The van der Waals surface area contributed by atoms with Crippen LogP contribution in [-0.2, 0) is 36.7 Å². The Morgan fingerprint density at radius 1 is 0.841 bits per heavy atom. The van der Waals surface area contributed by atoms with Crippen molar-refractivity contribution < 1.29 is 51.1 Å². The topological polar surface area (TPSA) is 269 Å². The van der Waals surface area contributed by atoms with Crippen molar-refractivity contribution in [2.75, 3.05) is 24.7 Å². The average Bonchev–Trinajstić information content (AvgIpc) is 3.73. The summed E-state index contributed by atoms with van der Waals surface area (Å²) in [5.41, 5.74) is 12.4. The van der Waals surface area contributed by atoms with Crippen LogP contribution >= 0.6 is 26.9 Å². The third kappa shape index (κ3) is 5.14. The van der Waals surface area contributed by atoms with Crippen molar-refractivity contribution in [1.82, 2.24) is 39.0 Å². The lowest BCUT2D eigenvalue weighted by molar-refractivity contribution is -0.0619. The van der Waals surface area contributed by atoms with Crippen LogP contribution in [-0.4, -0.2) is 98.9 Å². The smallest absolute Gasteiger partial charge is 0.387 e. The van der Waals surface area contributed by atoms with Crippen LogP contribution in [0.1, 0.15) is 12.5 Å². The lowest BCUT2D eigenvalue weighted by atomic mass is 10.1. The van der Waals surface area contributed by atoms with Gasteiger partial charge in [-0.2, -0.15) is 0 Å². The first-order valence-corrected chi connectivity index (χ1v) is 16.9. The summed E-state index contributed by atoms with van der Waals surface area (Å²) < 4.78 is 78.0. The maximum absolute atomic E-state index is 15.9. The second-order valence-electron chi connectivity index (χ2n) is 9.90. The number of phosphoric ester groups is 1. The quantitative estimate of drug-likeness (QED) is 0.141. The van der Waals surface area contributed by atoms with E-state index >= 15 is 4.39 Å². The minimum atomic E-state index is -5.06. The summed E-state index contributed by atoms with van der Waals surface area (Å²) in [4.78, 5) is 34.7. The van der Waals surface area contributed by atoms with E-state index < -0.39 is 77.0 Å². The predicted molar refractivity (Wildman–Crippen MR) is 146 cm³/mol. The minimum Gasteiger partial charge on any atom is -0.387 e. The number of ether oxygens (including phenoxy) is 2. The van der Waals surface area contributed by atoms with Gasteiger partial charge >= 0.3 is 14.6 Å². The summed E-state index contributed by atoms with van der Waals surface area (Å²) in [5.74, 6) is 0.0891. The Labute approximate surface area is 250 Å². The highest BCUT2D eigenvalue weighted by molar-refractivity contribution is 8.44. The van der Waals surface area contributed by atoms with Gasteiger partial charge in [0.1, 0.15) is 54.2 Å². The number of anilines is 2. The van der Waals surface area contributed by atoms with Crippen LogP contribution in [0.3, 0.4) is 0 Å². The van der Waals surface area contributed by atoms with Crippen LogP contribution in [0.5, 0.6) is 0 Å². The Bertz CT molecular complexity index is 1830. The zero-order valence-electron chi connectivity index (χ0n) is 22.0. The van der Waals surface area contributed by atoms with E-state index in [0.29, 0.717) is 0 Å². The molecule has 3 aliphatic rings. The Morgan fingerprint density at radius 3 is 2.05 bits per heavy atom. The highest BCUT2D eigenvalue weighted by Gasteiger charge is 2.54. The molecule has 2 bridgehead atoms. The summed E-state index contributed by atoms with van der Waals surface area (Å²) in [6.07, 6.45) is -7.80. The minimum absolute atomic E-state index is 0.0302. The summed E-state index contributed by atoms with van der Waals surface area (Å²) in [6, 6.07) is 0. The van der Waals surface area contributed by atoms with Gasteiger partial charge in [-0.15, -0.1) is 0 Å². The first-order chi connectivity index (χ1) is 20.9. The molecule has 0 aromatic carbocycles. The molecule has 10 atom stereocenters. The normalized spacial score (nSPS) is 38.3. The number of halogens is 1. The first kappa shape index (κ1) is 29.8. The Hall–Kier alpha value is -2.88. The molecule has 7 heterocycles. The molecule has 0 spiro atoms. The fraction of sp³-hybridized carbons (Fsp3) is 0.500. The average molecular weight is 676 g/mol. The fourth-order valence-corrected chi connectivity index (χ4v) is 7.60. The number of rotatable bonds is 2. The van der Waals surface area contributed by atoms with Gasteiger partial charge in [-0.25, -0.2) is 43.4 Å². The number of aromatic nitrogens is 8. The van der Waals surface area contributed by atoms with E-state index in [1.54, 1.807) is 0 Å². The summed E-state index contributed by atoms with van der Waals surface area (Å²) in [6.45, 7) is -5.84. The third-order valence-corrected chi connectivity index (χ3v) is 9.82. The standard InChI is InChI=1S/C20H23FN10O10P2S/c21-9-13-8(39-19(9)30-5-28-10-15(22)24-3-26-17(10)30)2-37-43(35,44)41-14-12(32)7(1-36-42(33,34)40-13)38-20(14)31-6-29-11-16(23)25-4-27-18(11)31/h3-9,12-14,19-20,32H,1-2H2,(H,33,34)(H,35,44)(H2,22,24,26)(H2,23,25,27)/t7-,8-,9?,12?,13?,14?,19-,20-,43-/m1/s1. The molecule has 3 saturated heterocycles. The second-order valence-corrected chi connectivity index (χ2v) is 14.2. The number of fused-ring (bicyclic) bond motifs is 5. The molecule has 0 aliphatic carbocycles. The van der Waals surface area contributed by atoms with E-state index in [4.69, 9.17) is 39.0 Å². The van der Waals surface area contributed by atoms with Crippen molar-refractivity contribution in [3.05, 3.63) is 25.3 Å². The molecule has 0 radical (unpaired) electrons. The molecule has 7 rings (SSSR count). The highest BCUT2D eigenvalue weighted by Crippen LogP contribution is 2.58. The van der Waals surface area contributed by atoms with E-state index in [2.05, 4.69) is 42.2 Å². The van der Waals surface area contributed by atoms with Gasteiger partial charge in [0.15, 0.2) is 41.6 Å². The maximum Gasteiger partial charge on any atom is 0.472 e. The molecule has 4 aromatic heterocycles. The van der Waals surface area contributed by atoms with Crippen LogP contribution in [0.25, 0.3) is 22.3 Å². The van der Waals surface area contributed by atoms with Gasteiger partial charge in [-0.3, -0.25) is 27.2 Å². The molecule has 24 heteroatoms. The van der Waals surface area contributed by atoms with Gasteiger partial charge in [0.25, 0.3) is 0 Å². The lowest BCUT2D eigenvalue weighted by Gasteiger charge is -2.26. The number of hydrogen-bond acceptors (Lipinski definition) is 17. The van der Waals surface area contributed by atoms with E-state index in [0.717, 1.165) is 6.33 Å². The number of nitrogens with two attached hydrogens (primary N) is 2. The molecule has 5 unspecified atom stereocenters. The van der Waals surface area contributed by atoms with Gasteiger partial charge in [0.2, 0.25) is 0 Å². The van der Waals surface area contributed by atoms with Crippen LogP contribution in [0.4, 0.5) is 16.0 Å². The number of imidazole rings is 2. The largest absolute Gasteiger partial charge is 0.472 e. The lowest BCUT2D eigenvalue weighted by Crippen LogP contribution is -2.35. The van der Waals surface area contributed by atoms with Crippen molar-refractivity contribution >= 4 is 60.8 Å². The van der Waals surface area contributed by atoms with Gasteiger partial charge in [0, 0.05) is 0 Å². The molecule has 3 aliphatic heterocycles. The van der Waals surface area contributed by atoms with Crippen molar-refractivity contribution in [2.45, 2.75) is 49.1 Å². The molecular weight excluding hydrogens is 653 g/mol. The third-order valence-electron chi connectivity index (χ3n) is 7.22. The molecule has 6 N–H and O–H groups in total. The number of alkyl halides is 1. The Morgan fingerprint density at radius 2 is 1.41 bits per heavy atom. The number of aliphatic hydroxyl groups excluding tert-OH is 1. The van der Waals surface area contributed by atoms with Crippen LogP contribution in [0.2, 0.25) is 0 Å². The summed E-state index contributed by atoms with van der Waals surface area (Å²) in [5, 5.41) is 11.1. The zero-order chi connectivity index (χ0) is 31.0. The fourth-order valence-electron chi connectivity index (χ4n) is 5.19. The molecular formula is C20H23FN10O10P2S. The number of hydrogen-bond donors (Lipinski definition) is 5. The number of thiol groups is 1. The van der Waals surface area contributed by atoms with Crippen LogP contribution in [0.15, 0.2) is 25.3 Å². The maximum atomic E-state index is 15.9. The van der Waals surface area contributed by atoms with Crippen molar-refractivity contribution in [1.29, 1.82) is 0 Å². The molecule has 0 saturated carbocycles. The van der Waals surface area contributed by atoms with Gasteiger partial charge < -0.3 is 30.9 Å². The van der Waals surface area contributed by atoms with Crippen LogP contribution in [0, 0.1) is 0 Å². The number of nitrogen functional groups attached to an aromatic ring is 2. The predicted octanol–water partition coefficient (Wildman–Crippen LogP) is 0.280. The Kier molecular flexibility index (Phi) is 7.37. The van der Waals surface area contributed by atoms with E-state index in [9.17, 15) is 19.1 Å². The van der Waals surface area contributed by atoms with Gasteiger partial charge in [-0.1, -0.05) is 12.2 Å². The summed E-state index contributed by atoms with van der Waals surface area (Å²) >= 11 is 4.04. The van der Waals surface area contributed by atoms with E-state index in [1.807, 2.05) is 0 Å². The summed E-state index contributed by atoms with van der Waals surface area (Å²) in [7, 11) is -5.06. The molecule has 20 nitrogen and oxygen atoms in total. The Balaban J connectivity index is 1.20. The monoisotopic (exact) mass is 676 g/mol. The van der Waals surface area contributed by atoms with Gasteiger partial charge in [0.05, 0.1) is 25.9 Å². The number of aliphatic hydroxyl groups is 1. The number of nitrogens with zero attached hydrogens (tertiary/aromatic N) is 8. The molecule has 44 heavy (non-hydrogen) atoms. The van der Waals surface area contributed by atoms with Gasteiger partial charge in [-0.05, 0) is 0 Å². The first-order valence-electron chi connectivity index (χ1n) is 12.7. The van der Waals surface area contributed by atoms with E-state index in [1.165, 1.54) is 28.1 Å². The molecule has 3 fully saturated rings. The van der Waals surface area contributed by atoms with Crippen molar-refractivity contribution in [3.8, 4) is 0 Å². The van der Waals surface area contributed by atoms with Crippen molar-refractivity contribution in [3.63, 3.8) is 0 Å². The second kappa shape index (κ2) is 10.9. The van der Waals surface area contributed by atoms with Crippen molar-refractivity contribution in [2.24, 2.45) is 0 Å². The number of phosphoric acid groups is 1. The molecule has 0 amide bonds. The zero-order valence-corrected chi connectivity index (χ0v) is 24.6. The highest BCUT2D eigenvalue weighted by atomic mass is 32.7. The molecule has 236 valence electrons. The molecule has 4 aromatic rings.